The lowest BCUT2D eigenvalue weighted by molar-refractivity contribution is -0.136. The molecule has 0 aliphatic carbocycles. The lowest BCUT2D eigenvalue weighted by Gasteiger charge is -2.07. The standard InChI is InChI=1S/C10H11F3N2O3/c1-17-9(16)7-5-14-6-8(15-7)18-4-2-3-10(11,12)13/h5-6H,2-4H2,1H3. The number of halogens is 3. The zero-order chi connectivity index (χ0) is 13.6. The normalized spacial score (nSPS) is 11.1. The van der Waals surface area contributed by atoms with Gasteiger partial charge in [-0.2, -0.15) is 13.2 Å². The molecule has 0 radical (unpaired) electrons. The lowest BCUT2D eigenvalue weighted by Crippen LogP contribution is -2.11. The van der Waals surface area contributed by atoms with Crippen molar-refractivity contribution in [2.24, 2.45) is 0 Å². The van der Waals surface area contributed by atoms with Crippen LogP contribution in [0.25, 0.3) is 0 Å². The van der Waals surface area contributed by atoms with E-state index in [2.05, 4.69) is 14.7 Å². The number of hydrogen-bond acceptors (Lipinski definition) is 5. The lowest BCUT2D eigenvalue weighted by atomic mass is 10.3. The molecule has 1 aromatic heterocycles. The summed E-state index contributed by atoms with van der Waals surface area (Å²) >= 11 is 0. The highest BCUT2D eigenvalue weighted by molar-refractivity contribution is 5.86. The Balaban J connectivity index is 2.45. The SMILES string of the molecule is COC(=O)c1cncc(OCCCC(F)(F)F)n1. The van der Waals surface area contributed by atoms with E-state index >= 15 is 0 Å². The van der Waals surface area contributed by atoms with Gasteiger partial charge in [-0.25, -0.2) is 9.78 Å². The van der Waals surface area contributed by atoms with E-state index in [9.17, 15) is 18.0 Å². The molecule has 1 rings (SSSR count). The summed E-state index contributed by atoms with van der Waals surface area (Å²) in [5.74, 6) is -0.705. The zero-order valence-corrected chi connectivity index (χ0v) is 9.53. The molecule has 1 aromatic rings. The van der Waals surface area contributed by atoms with Crippen molar-refractivity contribution in [2.75, 3.05) is 13.7 Å². The van der Waals surface area contributed by atoms with Gasteiger partial charge in [0.2, 0.25) is 5.88 Å². The first-order valence-electron chi connectivity index (χ1n) is 5.02. The Morgan fingerprint density at radius 2 is 2.11 bits per heavy atom. The van der Waals surface area contributed by atoms with Crippen LogP contribution in [0.15, 0.2) is 12.4 Å². The van der Waals surface area contributed by atoms with Crippen LogP contribution in [0.4, 0.5) is 13.2 Å². The maximum Gasteiger partial charge on any atom is 0.389 e. The molecule has 0 amide bonds. The number of alkyl halides is 3. The smallest absolute Gasteiger partial charge is 0.389 e. The van der Waals surface area contributed by atoms with Crippen molar-refractivity contribution in [3.8, 4) is 5.88 Å². The van der Waals surface area contributed by atoms with Crippen LogP contribution in [0.3, 0.4) is 0 Å². The Morgan fingerprint density at radius 1 is 1.39 bits per heavy atom. The van der Waals surface area contributed by atoms with Crippen molar-refractivity contribution in [2.45, 2.75) is 19.0 Å². The number of nitrogens with zero attached hydrogens (tertiary/aromatic N) is 2. The Morgan fingerprint density at radius 3 is 2.72 bits per heavy atom. The first-order valence-corrected chi connectivity index (χ1v) is 5.02. The molecule has 0 spiro atoms. The second kappa shape index (κ2) is 6.18. The molecular formula is C10H11F3N2O3. The predicted molar refractivity (Wildman–Crippen MR) is 54.2 cm³/mol. The number of carbonyl (C=O) groups excluding carboxylic acids is 1. The first-order chi connectivity index (χ1) is 8.42. The van der Waals surface area contributed by atoms with Crippen LogP contribution in [-0.2, 0) is 4.74 Å². The molecule has 1 heterocycles. The highest BCUT2D eigenvalue weighted by Crippen LogP contribution is 2.21. The average molecular weight is 264 g/mol. The highest BCUT2D eigenvalue weighted by atomic mass is 19.4. The van der Waals surface area contributed by atoms with Gasteiger partial charge in [0.15, 0.2) is 5.69 Å². The summed E-state index contributed by atoms with van der Waals surface area (Å²) in [6.07, 6.45) is -2.94. The number of methoxy groups -OCH3 is 1. The zero-order valence-electron chi connectivity index (χ0n) is 9.53. The minimum absolute atomic E-state index is 0.0138. The number of hydrogen-bond donors (Lipinski definition) is 0. The molecule has 8 heteroatoms. The van der Waals surface area contributed by atoms with Crippen LogP contribution in [0.1, 0.15) is 23.3 Å². The van der Waals surface area contributed by atoms with E-state index in [-0.39, 0.29) is 24.6 Å². The fraction of sp³-hybridized carbons (Fsp3) is 0.500. The quantitative estimate of drug-likeness (QED) is 0.601. The molecule has 100 valence electrons. The van der Waals surface area contributed by atoms with Crippen molar-refractivity contribution in [1.82, 2.24) is 9.97 Å². The van der Waals surface area contributed by atoms with Crippen LogP contribution in [-0.4, -0.2) is 35.8 Å². The van der Waals surface area contributed by atoms with Crippen molar-refractivity contribution in [3.63, 3.8) is 0 Å². The minimum Gasteiger partial charge on any atom is -0.477 e. The third-order valence-electron chi connectivity index (χ3n) is 1.86. The summed E-state index contributed by atoms with van der Waals surface area (Å²) < 4.78 is 44.9. The molecule has 0 fully saturated rings. The molecule has 0 aromatic carbocycles. The monoisotopic (exact) mass is 264 g/mol. The van der Waals surface area contributed by atoms with Gasteiger partial charge in [0.05, 0.1) is 26.1 Å². The van der Waals surface area contributed by atoms with E-state index in [1.54, 1.807) is 0 Å². The summed E-state index contributed by atoms with van der Waals surface area (Å²) in [4.78, 5) is 18.5. The van der Waals surface area contributed by atoms with Crippen molar-refractivity contribution < 1.29 is 27.4 Å². The van der Waals surface area contributed by atoms with Gasteiger partial charge in [-0.3, -0.25) is 4.98 Å². The van der Waals surface area contributed by atoms with Crippen molar-refractivity contribution in [3.05, 3.63) is 18.1 Å². The fourth-order valence-electron chi connectivity index (χ4n) is 1.07. The Hall–Kier alpha value is -1.86. The first kappa shape index (κ1) is 14.2. The average Bonchev–Trinajstić information content (AvgIpc) is 2.33. The second-order valence-electron chi connectivity index (χ2n) is 3.30. The van der Waals surface area contributed by atoms with Crippen molar-refractivity contribution >= 4 is 5.97 Å². The number of carbonyl (C=O) groups is 1. The fourth-order valence-corrected chi connectivity index (χ4v) is 1.07. The molecule has 0 aliphatic heterocycles. The van der Waals surface area contributed by atoms with Gasteiger partial charge in [0.25, 0.3) is 0 Å². The van der Waals surface area contributed by atoms with Gasteiger partial charge >= 0.3 is 12.1 Å². The van der Waals surface area contributed by atoms with Gasteiger partial charge in [-0.1, -0.05) is 0 Å². The van der Waals surface area contributed by atoms with Crippen LogP contribution in [0, 0.1) is 0 Å². The molecule has 0 saturated heterocycles. The maximum atomic E-state index is 11.9. The minimum atomic E-state index is -4.21. The summed E-state index contributed by atoms with van der Waals surface area (Å²) in [6.45, 7) is -0.154. The Bertz CT molecular complexity index is 410. The van der Waals surface area contributed by atoms with E-state index in [0.717, 1.165) is 0 Å². The van der Waals surface area contributed by atoms with Gasteiger partial charge in [-0.15, -0.1) is 0 Å². The van der Waals surface area contributed by atoms with Gasteiger partial charge in [-0.05, 0) is 6.42 Å². The van der Waals surface area contributed by atoms with Crippen LogP contribution < -0.4 is 4.74 Å². The Kier molecular flexibility index (Phi) is 4.87. The van der Waals surface area contributed by atoms with Crippen LogP contribution >= 0.6 is 0 Å². The van der Waals surface area contributed by atoms with E-state index in [1.165, 1.54) is 19.5 Å². The molecule has 18 heavy (non-hydrogen) atoms. The van der Waals surface area contributed by atoms with Gasteiger partial charge in [0.1, 0.15) is 0 Å². The molecule has 0 N–H and O–H groups in total. The molecule has 5 nitrogen and oxygen atoms in total. The molecule has 0 aliphatic rings. The number of rotatable bonds is 5. The van der Waals surface area contributed by atoms with E-state index in [4.69, 9.17) is 4.74 Å². The molecule has 0 atom stereocenters. The van der Waals surface area contributed by atoms with Gasteiger partial charge < -0.3 is 9.47 Å². The molecule has 0 saturated carbocycles. The topological polar surface area (TPSA) is 61.3 Å². The van der Waals surface area contributed by atoms with E-state index in [1.807, 2.05) is 0 Å². The Labute approximate surface area is 101 Å². The van der Waals surface area contributed by atoms with E-state index < -0.39 is 18.6 Å². The summed E-state index contributed by atoms with van der Waals surface area (Å²) in [6, 6.07) is 0. The second-order valence-corrected chi connectivity index (χ2v) is 3.30. The van der Waals surface area contributed by atoms with Crippen LogP contribution in [0.5, 0.6) is 5.88 Å². The van der Waals surface area contributed by atoms with Gasteiger partial charge in [0, 0.05) is 6.42 Å². The predicted octanol–water partition coefficient (Wildman–Crippen LogP) is 1.98. The number of ether oxygens (including phenoxy) is 2. The molecule has 0 unspecified atom stereocenters. The van der Waals surface area contributed by atoms with Crippen LogP contribution in [0.2, 0.25) is 0 Å². The van der Waals surface area contributed by atoms with Crippen molar-refractivity contribution in [1.29, 1.82) is 0 Å². The summed E-state index contributed by atoms with van der Waals surface area (Å²) in [5, 5.41) is 0. The summed E-state index contributed by atoms with van der Waals surface area (Å²) in [7, 11) is 1.18. The third kappa shape index (κ3) is 4.98. The summed E-state index contributed by atoms with van der Waals surface area (Å²) in [5.41, 5.74) is -0.0641. The molecular weight excluding hydrogens is 253 g/mol. The highest BCUT2D eigenvalue weighted by Gasteiger charge is 2.26. The largest absolute Gasteiger partial charge is 0.477 e. The molecule has 0 bridgehead atoms. The maximum absolute atomic E-state index is 11.9. The third-order valence-corrected chi connectivity index (χ3v) is 1.86. The number of esters is 1. The van der Waals surface area contributed by atoms with E-state index in [0.29, 0.717) is 0 Å². The number of aromatic nitrogens is 2.